The van der Waals surface area contributed by atoms with Crippen molar-refractivity contribution in [2.24, 2.45) is 11.7 Å². The molecule has 0 saturated carbocycles. The summed E-state index contributed by atoms with van der Waals surface area (Å²) in [5.41, 5.74) is 7.11. The Morgan fingerprint density at radius 3 is 2.54 bits per heavy atom. The summed E-state index contributed by atoms with van der Waals surface area (Å²) in [4.78, 5) is 39.2. The third kappa shape index (κ3) is 5.79. The van der Waals surface area contributed by atoms with E-state index in [1.54, 1.807) is 4.90 Å². The lowest BCUT2D eigenvalue weighted by Crippen LogP contribution is -2.54. The molecule has 1 aliphatic rings. The van der Waals surface area contributed by atoms with Gasteiger partial charge < -0.3 is 20.7 Å². The number of rotatable bonds is 8. The zero-order chi connectivity index (χ0) is 20.7. The van der Waals surface area contributed by atoms with Crippen molar-refractivity contribution in [2.45, 2.75) is 57.7 Å². The van der Waals surface area contributed by atoms with Gasteiger partial charge in [0.15, 0.2) is 0 Å². The molecule has 28 heavy (non-hydrogen) atoms. The molecule has 0 aliphatic carbocycles. The molecule has 1 fully saturated rings. The minimum atomic E-state index is -0.715. The number of nitrogens with zero attached hydrogens (tertiary/aromatic N) is 1. The molecule has 154 valence electrons. The maximum atomic E-state index is 12.8. The van der Waals surface area contributed by atoms with Crippen molar-refractivity contribution in [3.05, 3.63) is 35.9 Å². The fourth-order valence-corrected chi connectivity index (χ4v) is 3.57. The van der Waals surface area contributed by atoms with Crippen LogP contribution >= 0.6 is 0 Å². The summed E-state index contributed by atoms with van der Waals surface area (Å²) < 4.78 is 4.80. The van der Waals surface area contributed by atoms with Gasteiger partial charge in [-0.15, -0.1) is 0 Å². The Balaban J connectivity index is 2.02. The van der Waals surface area contributed by atoms with Crippen LogP contribution in [0, 0.1) is 5.92 Å². The van der Waals surface area contributed by atoms with Crippen LogP contribution in [-0.4, -0.2) is 54.5 Å². The number of amides is 2. The molecule has 3 atom stereocenters. The molecule has 2 rings (SSSR count). The van der Waals surface area contributed by atoms with Crippen molar-refractivity contribution in [3.8, 4) is 0 Å². The number of nitrogens with two attached hydrogens (primary N) is 1. The maximum absolute atomic E-state index is 12.8. The van der Waals surface area contributed by atoms with E-state index in [0.717, 1.165) is 12.0 Å². The highest BCUT2D eigenvalue weighted by atomic mass is 16.5. The lowest BCUT2D eigenvalue weighted by atomic mass is 10.0. The fraction of sp³-hybridized carbons (Fsp3) is 0.571. The van der Waals surface area contributed by atoms with Gasteiger partial charge >= 0.3 is 5.97 Å². The van der Waals surface area contributed by atoms with Gasteiger partial charge in [-0.05, 0) is 37.2 Å². The number of nitrogens with one attached hydrogen (secondary N) is 1. The van der Waals surface area contributed by atoms with E-state index in [-0.39, 0.29) is 17.7 Å². The molecule has 1 aromatic carbocycles. The molecule has 2 amide bonds. The molecule has 0 radical (unpaired) electrons. The van der Waals surface area contributed by atoms with E-state index in [9.17, 15) is 14.4 Å². The summed E-state index contributed by atoms with van der Waals surface area (Å²) in [5, 5.41) is 2.77. The standard InChI is InChI=1S/C21H31N3O4/c1-14(2)12-17(21(27)28-3)23-19(25)18-10-7-11-24(18)20(26)16(22)13-15-8-5-4-6-9-15/h4-6,8-9,14,16-18H,7,10-13,22H2,1-3H3,(H,23,25)/t16-,17-,18-/m0/s1. The Morgan fingerprint density at radius 2 is 1.93 bits per heavy atom. The molecule has 1 saturated heterocycles. The van der Waals surface area contributed by atoms with Crippen molar-refractivity contribution >= 4 is 17.8 Å². The minimum Gasteiger partial charge on any atom is -0.467 e. The minimum absolute atomic E-state index is 0.213. The molecule has 0 unspecified atom stereocenters. The second kappa shape index (κ2) is 10.2. The maximum Gasteiger partial charge on any atom is 0.328 e. The van der Waals surface area contributed by atoms with Crippen LogP contribution in [0.25, 0.3) is 0 Å². The number of ether oxygens (including phenoxy) is 1. The van der Waals surface area contributed by atoms with E-state index in [4.69, 9.17) is 10.5 Å². The summed E-state index contributed by atoms with van der Waals surface area (Å²) in [6.45, 7) is 4.43. The first-order chi connectivity index (χ1) is 13.3. The third-order valence-electron chi connectivity index (χ3n) is 4.96. The van der Waals surface area contributed by atoms with Crippen LogP contribution in [-0.2, 0) is 25.5 Å². The number of likely N-dealkylation sites (tertiary alicyclic amines) is 1. The lowest BCUT2D eigenvalue weighted by Gasteiger charge is -2.28. The van der Waals surface area contributed by atoms with Gasteiger partial charge in [-0.25, -0.2) is 4.79 Å². The average Bonchev–Trinajstić information content (AvgIpc) is 3.16. The van der Waals surface area contributed by atoms with Gasteiger partial charge in [0.1, 0.15) is 12.1 Å². The third-order valence-corrected chi connectivity index (χ3v) is 4.96. The van der Waals surface area contributed by atoms with Crippen LogP contribution < -0.4 is 11.1 Å². The molecule has 0 bridgehead atoms. The van der Waals surface area contributed by atoms with E-state index in [2.05, 4.69) is 5.32 Å². The number of hydrogen-bond donors (Lipinski definition) is 2. The topological polar surface area (TPSA) is 102 Å². The zero-order valence-electron chi connectivity index (χ0n) is 16.9. The number of benzene rings is 1. The van der Waals surface area contributed by atoms with E-state index >= 15 is 0 Å². The molecule has 7 nitrogen and oxygen atoms in total. The summed E-state index contributed by atoms with van der Waals surface area (Å²) in [6.07, 6.45) is 2.19. The summed E-state index contributed by atoms with van der Waals surface area (Å²) in [6, 6.07) is 7.54. The summed E-state index contributed by atoms with van der Waals surface area (Å²) >= 11 is 0. The van der Waals surface area contributed by atoms with Crippen LogP contribution in [0.15, 0.2) is 30.3 Å². The molecule has 0 aromatic heterocycles. The lowest BCUT2D eigenvalue weighted by molar-refractivity contribution is -0.147. The molecule has 1 aliphatic heterocycles. The average molecular weight is 389 g/mol. The second-order valence-electron chi connectivity index (χ2n) is 7.70. The number of carbonyl (C=O) groups excluding carboxylic acids is 3. The second-order valence-corrected chi connectivity index (χ2v) is 7.70. The van der Waals surface area contributed by atoms with Crippen molar-refractivity contribution in [3.63, 3.8) is 0 Å². The predicted octanol–water partition coefficient (Wildman–Crippen LogP) is 1.25. The summed E-state index contributed by atoms with van der Waals surface area (Å²) in [5.74, 6) is -0.822. The Hall–Kier alpha value is -2.41. The molecule has 0 spiro atoms. The largest absolute Gasteiger partial charge is 0.467 e. The highest BCUT2D eigenvalue weighted by Crippen LogP contribution is 2.20. The van der Waals surface area contributed by atoms with Gasteiger partial charge in [0, 0.05) is 6.54 Å². The van der Waals surface area contributed by atoms with Gasteiger partial charge in [0.05, 0.1) is 13.2 Å². The van der Waals surface area contributed by atoms with Crippen molar-refractivity contribution in [2.75, 3.05) is 13.7 Å². The molecule has 1 heterocycles. The van der Waals surface area contributed by atoms with E-state index in [0.29, 0.717) is 25.8 Å². The van der Waals surface area contributed by atoms with Crippen LogP contribution in [0.4, 0.5) is 0 Å². The molecular weight excluding hydrogens is 358 g/mol. The van der Waals surface area contributed by atoms with E-state index in [1.165, 1.54) is 7.11 Å². The van der Waals surface area contributed by atoms with Gasteiger partial charge in [-0.3, -0.25) is 9.59 Å². The van der Waals surface area contributed by atoms with Gasteiger partial charge in [-0.1, -0.05) is 44.2 Å². The quantitative estimate of drug-likeness (QED) is 0.652. The normalized spacial score (nSPS) is 18.6. The van der Waals surface area contributed by atoms with Gasteiger partial charge in [0.25, 0.3) is 0 Å². The van der Waals surface area contributed by atoms with Gasteiger partial charge in [0.2, 0.25) is 11.8 Å². The smallest absolute Gasteiger partial charge is 0.328 e. The van der Waals surface area contributed by atoms with Crippen molar-refractivity contribution < 1.29 is 19.1 Å². The fourth-order valence-electron chi connectivity index (χ4n) is 3.57. The van der Waals surface area contributed by atoms with Crippen LogP contribution in [0.1, 0.15) is 38.7 Å². The Labute approximate surface area is 166 Å². The van der Waals surface area contributed by atoms with Crippen LogP contribution in [0.2, 0.25) is 0 Å². The van der Waals surface area contributed by atoms with E-state index in [1.807, 2.05) is 44.2 Å². The predicted molar refractivity (Wildman–Crippen MR) is 106 cm³/mol. The van der Waals surface area contributed by atoms with Crippen molar-refractivity contribution in [1.29, 1.82) is 0 Å². The highest BCUT2D eigenvalue weighted by molar-refractivity contribution is 5.92. The Bertz CT molecular complexity index is 677. The number of methoxy groups -OCH3 is 1. The first-order valence-electron chi connectivity index (χ1n) is 9.81. The molecular formula is C21H31N3O4. The first-order valence-corrected chi connectivity index (χ1v) is 9.81. The van der Waals surface area contributed by atoms with E-state index < -0.39 is 24.1 Å². The SMILES string of the molecule is COC(=O)[C@H](CC(C)C)NC(=O)[C@@H]1CCCN1C(=O)[C@@H](N)Cc1ccccc1. The first kappa shape index (κ1) is 21.9. The number of esters is 1. The summed E-state index contributed by atoms with van der Waals surface area (Å²) in [7, 11) is 1.30. The number of hydrogen-bond acceptors (Lipinski definition) is 5. The molecule has 3 N–H and O–H groups in total. The van der Waals surface area contributed by atoms with Crippen molar-refractivity contribution in [1.82, 2.24) is 10.2 Å². The van der Waals surface area contributed by atoms with Crippen LogP contribution in [0.5, 0.6) is 0 Å². The molecule has 1 aromatic rings. The van der Waals surface area contributed by atoms with Gasteiger partial charge in [-0.2, -0.15) is 0 Å². The monoisotopic (exact) mass is 389 g/mol. The number of carbonyl (C=O) groups is 3. The Kier molecular flexibility index (Phi) is 7.99. The zero-order valence-corrected chi connectivity index (χ0v) is 16.9. The highest BCUT2D eigenvalue weighted by Gasteiger charge is 2.37. The Morgan fingerprint density at radius 1 is 1.25 bits per heavy atom. The van der Waals surface area contributed by atoms with Crippen LogP contribution in [0.3, 0.4) is 0 Å². The molecule has 7 heteroatoms.